The monoisotopic (exact) mass is 456 g/mol. The SMILES string of the molecule is COc1ccc(OC)c(-c2cc(C(=O)Nc3ccc(N4CCNC(=O)C4)c(Cl)c3)no2)c1. The van der Waals surface area contributed by atoms with Crippen LogP contribution in [0.3, 0.4) is 0 Å². The molecule has 0 saturated carbocycles. The molecule has 1 aromatic heterocycles. The normalized spacial score (nSPS) is 13.5. The molecule has 166 valence electrons. The van der Waals surface area contributed by atoms with Crippen molar-refractivity contribution in [1.82, 2.24) is 10.5 Å². The van der Waals surface area contributed by atoms with Gasteiger partial charge in [0.05, 0.1) is 37.0 Å². The molecule has 0 aliphatic carbocycles. The molecule has 1 fully saturated rings. The first-order chi connectivity index (χ1) is 15.5. The lowest BCUT2D eigenvalue weighted by atomic mass is 10.1. The van der Waals surface area contributed by atoms with Gasteiger partial charge in [0.15, 0.2) is 11.5 Å². The number of ether oxygens (including phenoxy) is 2. The highest BCUT2D eigenvalue weighted by molar-refractivity contribution is 6.33. The van der Waals surface area contributed by atoms with Crippen LogP contribution in [-0.4, -0.2) is 50.8 Å². The van der Waals surface area contributed by atoms with E-state index < -0.39 is 5.91 Å². The van der Waals surface area contributed by atoms with Gasteiger partial charge in [0.1, 0.15) is 11.5 Å². The van der Waals surface area contributed by atoms with Crippen LogP contribution < -0.4 is 25.0 Å². The number of methoxy groups -OCH3 is 2. The van der Waals surface area contributed by atoms with Crippen molar-refractivity contribution in [2.75, 3.05) is 44.1 Å². The average molecular weight is 457 g/mol. The minimum atomic E-state index is -0.456. The third kappa shape index (κ3) is 4.47. The molecule has 2 N–H and O–H groups in total. The molecule has 0 radical (unpaired) electrons. The van der Waals surface area contributed by atoms with Crippen molar-refractivity contribution in [2.45, 2.75) is 0 Å². The van der Waals surface area contributed by atoms with Crippen molar-refractivity contribution >= 4 is 34.8 Å². The minimum Gasteiger partial charge on any atom is -0.497 e. The standard InChI is InChI=1S/C22H21ClN4O5/c1-30-14-4-6-19(31-2)15(10-14)20-11-17(26-32-20)22(29)25-13-3-5-18(16(23)9-13)27-8-7-24-21(28)12-27/h3-6,9-11H,7-8,12H2,1-2H3,(H,24,28)(H,25,29). The fourth-order valence-electron chi connectivity index (χ4n) is 3.40. The molecule has 2 heterocycles. The number of anilines is 2. The van der Waals surface area contributed by atoms with Gasteiger partial charge >= 0.3 is 0 Å². The predicted molar refractivity (Wildman–Crippen MR) is 120 cm³/mol. The quantitative estimate of drug-likeness (QED) is 0.586. The van der Waals surface area contributed by atoms with E-state index in [1.165, 1.54) is 6.07 Å². The van der Waals surface area contributed by atoms with Crippen molar-refractivity contribution < 1.29 is 23.6 Å². The number of piperazine rings is 1. The first kappa shape index (κ1) is 21.5. The van der Waals surface area contributed by atoms with Gasteiger partial charge in [0, 0.05) is 24.8 Å². The zero-order valence-corrected chi connectivity index (χ0v) is 18.2. The molecule has 32 heavy (non-hydrogen) atoms. The van der Waals surface area contributed by atoms with Gasteiger partial charge in [0.2, 0.25) is 5.91 Å². The lowest BCUT2D eigenvalue weighted by molar-refractivity contribution is -0.120. The summed E-state index contributed by atoms with van der Waals surface area (Å²) >= 11 is 6.40. The molecule has 2 aromatic carbocycles. The summed E-state index contributed by atoms with van der Waals surface area (Å²) in [5, 5.41) is 9.83. The third-order valence-corrected chi connectivity index (χ3v) is 5.30. The molecule has 1 aliphatic heterocycles. The van der Waals surface area contributed by atoms with E-state index in [4.69, 9.17) is 25.6 Å². The molecule has 0 spiro atoms. The first-order valence-electron chi connectivity index (χ1n) is 9.80. The van der Waals surface area contributed by atoms with Gasteiger partial charge in [-0.1, -0.05) is 16.8 Å². The number of aromatic nitrogens is 1. The summed E-state index contributed by atoms with van der Waals surface area (Å²) in [6, 6.07) is 11.9. The highest BCUT2D eigenvalue weighted by Gasteiger charge is 2.20. The van der Waals surface area contributed by atoms with Crippen LogP contribution in [0.5, 0.6) is 11.5 Å². The molecule has 1 saturated heterocycles. The number of carbonyl (C=O) groups is 2. The topological polar surface area (TPSA) is 106 Å². The summed E-state index contributed by atoms with van der Waals surface area (Å²) in [6.45, 7) is 1.45. The summed E-state index contributed by atoms with van der Waals surface area (Å²) in [4.78, 5) is 26.2. The Hall–Kier alpha value is -3.72. The van der Waals surface area contributed by atoms with Crippen molar-refractivity contribution in [2.24, 2.45) is 0 Å². The van der Waals surface area contributed by atoms with E-state index in [1.54, 1.807) is 50.6 Å². The number of amides is 2. The molecule has 4 rings (SSSR count). The van der Waals surface area contributed by atoms with E-state index in [-0.39, 0.29) is 18.1 Å². The molecule has 10 heteroatoms. The van der Waals surface area contributed by atoms with Crippen LogP contribution in [0, 0.1) is 0 Å². The van der Waals surface area contributed by atoms with Crippen molar-refractivity contribution in [3.8, 4) is 22.8 Å². The highest BCUT2D eigenvalue weighted by Crippen LogP contribution is 2.34. The second kappa shape index (κ2) is 9.19. The van der Waals surface area contributed by atoms with Crippen molar-refractivity contribution in [1.29, 1.82) is 0 Å². The molecule has 0 bridgehead atoms. The Morgan fingerprint density at radius 1 is 1.19 bits per heavy atom. The molecule has 1 aliphatic rings. The highest BCUT2D eigenvalue weighted by atomic mass is 35.5. The van der Waals surface area contributed by atoms with Crippen LogP contribution in [0.25, 0.3) is 11.3 Å². The van der Waals surface area contributed by atoms with E-state index in [9.17, 15) is 9.59 Å². The van der Waals surface area contributed by atoms with Crippen molar-refractivity contribution in [3.63, 3.8) is 0 Å². The Balaban J connectivity index is 1.50. The van der Waals surface area contributed by atoms with E-state index >= 15 is 0 Å². The van der Waals surface area contributed by atoms with E-state index in [0.717, 1.165) is 5.69 Å². The second-order valence-electron chi connectivity index (χ2n) is 7.03. The van der Waals surface area contributed by atoms with Crippen LogP contribution in [0.4, 0.5) is 11.4 Å². The predicted octanol–water partition coefficient (Wildman–Crippen LogP) is 3.20. The number of halogens is 1. The lowest BCUT2D eigenvalue weighted by Crippen LogP contribution is -2.47. The molecule has 0 unspecified atom stereocenters. The molecule has 2 amide bonds. The Morgan fingerprint density at radius 3 is 2.75 bits per heavy atom. The maximum atomic E-state index is 12.7. The minimum absolute atomic E-state index is 0.0563. The summed E-state index contributed by atoms with van der Waals surface area (Å²) in [7, 11) is 3.10. The van der Waals surface area contributed by atoms with Crippen LogP contribution in [-0.2, 0) is 4.79 Å². The summed E-state index contributed by atoms with van der Waals surface area (Å²) < 4.78 is 16.0. The molecular formula is C22H21ClN4O5. The van der Waals surface area contributed by atoms with Gasteiger partial charge < -0.3 is 29.5 Å². The zero-order chi connectivity index (χ0) is 22.7. The number of hydrogen-bond donors (Lipinski definition) is 2. The number of rotatable bonds is 6. The Bertz CT molecular complexity index is 1160. The first-order valence-corrected chi connectivity index (χ1v) is 10.2. The number of nitrogens with one attached hydrogen (secondary N) is 2. The number of hydrogen-bond acceptors (Lipinski definition) is 7. The smallest absolute Gasteiger partial charge is 0.277 e. The fourth-order valence-corrected chi connectivity index (χ4v) is 3.70. The van der Waals surface area contributed by atoms with Gasteiger partial charge in [-0.05, 0) is 36.4 Å². The second-order valence-corrected chi connectivity index (χ2v) is 7.44. The summed E-state index contributed by atoms with van der Waals surface area (Å²) in [5.74, 6) is 1.02. The lowest BCUT2D eigenvalue weighted by Gasteiger charge is -2.29. The zero-order valence-electron chi connectivity index (χ0n) is 17.5. The van der Waals surface area contributed by atoms with Crippen molar-refractivity contribution in [3.05, 3.63) is 53.2 Å². The van der Waals surface area contributed by atoms with Crippen LogP contribution >= 0.6 is 11.6 Å². The maximum absolute atomic E-state index is 12.7. The Labute approximate surface area is 189 Å². The van der Waals surface area contributed by atoms with E-state index in [2.05, 4.69) is 15.8 Å². The van der Waals surface area contributed by atoms with Gasteiger partial charge in [-0.25, -0.2) is 0 Å². The van der Waals surface area contributed by atoms with Gasteiger partial charge in [-0.3, -0.25) is 9.59 Å². The van der Waals surface area contributed by atoms with Crippen LogP contribution in [0.2, 0.25) is 5.02 Å². The van der Waals surface area contributed by atoms with Gasteiger partial charge in [-0.15, -0.1) is 0 Å². The largest absolute Gasteiger partial charge is 0.497 e. The number of carbonyl (C=O) groups excluding carboxylic acids is 2. The van der Waals surface area contributed by atoms with E-state index in [0.29, 0.717) is 46.6 Å². The van der Waals surface area contributed by atoms with Gasteiger partial charge in [-0.2, -0.15) is 0 Å². The summed E-state index contributed by atoms with van der Waals surface area (Å²) in [5.41, 5.74) is 1.93. The average Bonchev–Trinajstić information content (AvgIpc) is 3.29. The third-order valence-electron chi connectivity index (χ3n) is 5.00. The number of benzene rings is 2. The molecule has 9 nitrogen and oxygen atoms in total. The van der Waals surface area contributed by atoms with Gasteiger partial charge in [0.25, 0.3) is 5.91 Å². The van der Waals surface area contributed by atoms with E-state index in [1.807, 2.05) is 4.90 Å². The molecule has 0 atom stereocenters. The Morgan fingerprint density at radius 2 is 2.03 bits per heavy atom. The van der Waals surface area contributed by atoms with Crippen LogP contribution in [0.15, 0.2) is 47.0 Å². The van der Waals surface area contributed by atoms with Crippen LogP contribution in [0.1, 0.15) is 10.5 Å². The molecule has 3 aromatic rings. The fraction of sp³-hybridized carbons (Fsp3) is 0.227. The number of nitrogens with zero attached hydrogens (tertiary/aromatic N) is 2. The summed E-state index contributed by atoms with van der Waals surface area (Å²) in [6.07, 6.45) is 0. The maximum Gasteiger partial charge on any atom is 0.277 e. The Kier molecular flexibility index (Phi) is 6.18. The molecular weight excluding hydrogens is 436 g/mol.